The lowest BCUT2D eigenvalue weighted by Gasteiger charge is -2.46. The van der Waals surface area contributed by atoms with Crippen LogP contribution in [0, 0.1) is 11.3 Å². The van der Waals surface area contributed by atoms with Gasteiger partial charge in [0.1, 0.15) is 11.8 Å². The lowest BCUT2D eigenvalue weighted by atomic mass is 9.88. The molecule has 2 aliphatic carbocycles. The minimum absolute atomic E-state index is 0.0496. The van der Waals surface area contributed by atoms with E-state index in [-0.39, 0.29) is 24.2 Å². The van der Waals surface area contributed by atoms with Gasteiger partial charge in [-0.25, -0.2) is 0 Å². The van der Waals surface area contributed by atoms with Crippen LogP contribution in [0.25, 0.3) is 0 Å². The summed E-state index contributed by atoms with van der Waals surface area (Å²) in [4.78, 5) is 17.9. The number of amides is 1. The van der Waals surface area contributed by atoms with Gasteiger partial charge in [-0.3, -0.25) is 9.69 Å². The number of nitrogens with zero attached hydrogens (tertiary/aromatic N) is 5. The zero-order chi connectivity index (χ0) is 29.6. The molecule has 2 saturated carbocycles. The average molecular weight is 595 g/mol. The lowest BCUT2D eigenvalue weighted by molar-refractivity contribution is 0.0252. The number of rotatable bonds is 8. The molecule has 1 amide bonds. The Balaban J connectivity index is 1.07. The van der Waals surface area contributed by atoms with Crippen molar-refractivity contribution in [2.75, 3.05) is 18.0 Å². The van der Waals surface area contributed by atoms with E-state index in [9.17, 15) is 9.90 Å². The van der Waals surface area contributed by atoms with Gasteiger partial charge >= 0.3 is 0 Å². The number of piperidine rings is 1. The van der Waals surface area contributed by atoms with Crippen molar-refractivity contribution in [3.05, 3.63) is 46.6 Å². The predicted octanol–water partition coefficient (Wildman–Crippen LogP) is 5.10. The molecule has 0 atom stereocenters. The minimum atomic E-state index is -0.193. The van der Waals surface area contributed by atoms with Gasteiger partial charge in [0, 0.05) is 43.3 Å². The molecule has 1 aliphatic heterocycles. The van der Waals surface area contributed by atoms with E-state index in [2.05, 4.69) is 45.2 Å². The van der Waals surface area contributed by atoms with Gasteiger partial charge in [0.2, 0.25) is 0 Å². The Labute approximate surface area is 254 Å². The monoisotopic (exact) mass is 594 g/mol. The maximum absolute atomic E-state index is 12.9. The second-order valence-corrected chi connectivity index (χ2v) is 12.7. The summed E-state index contributed by atoms with van der Waals surface area (Å²) in [5.74, 6) is 1.29. The Bertz CT molecular complexity index is 1230. The van der Waals surface area contributed by atoms with Gasteiger partial charge < -0.3 is 20.1 Å². The molecule has 0 radical (unpaired) electrons. The maximum Gasteiger partial charge on any atom is 0.272 e. The number of aliphatic hydroxyl groups excluding tert-OH is 1. The summed E-state index contributed by atoms with van der Waals surface area (Å²) in [7, 11) is 0. The summed E-state index contributed by atoms with van der Waals surface area (Å²) in [6.45, 7) is 6.42. The van der Waals surface area contributed by atoms with Crippen LogP contribution < -0.4 is 15.0 Å². The fourth-order valence-corrected chi connectivity index (χ4v) is 7.16. The molecule has 2 N–H and O–H groups in total. The number of hydrogen-bond donors (Lipinski definition) is 2. The highest BCUT2D eigenvalue weighted by Gasteiger charge is 2.34. The number of carbonyl (C=O) groups is 1. The van der Waals surface area contributed by atoms with Crippen molar-refractivity contribution < 1.29 is 14.6 Å². The Morgan fingerprint density at radius 2 is 1.71 bits per heavy atom. The fourth-order valence-electron chi connectivity index (χ4n) is 6.94. The molecule has 1 aromatic carbocycles. The third-order valence-corrected chi connectivity index (χ3v) is 9.46. The molecule has 3 fully saturated rings. The highest BCUT2D eigenvalue weighted by molar-refractivity contribution is 6.31. The number of nitrogens with one attached hydrogen (secondary N) is 1. The van der Waals surface area contributed by atoms with E-state index < -0.39 is 0 Å². The molecular weight excluding hydrogens is 552 g/mol. The van der Waals surface area contributed by atoms with Crippen LogP contribution in [-0.2, 0) is 0 Å². The maximum atomic E-state index is 12.9. The molecule has 3 aliphatic rings. The van der Waals surface area contributed by atoms with Crippen molar-refractivity contribution in [3.8, 4) is 11.8 Å². The van der Waals surface area contributed by atoms with E-state index in [1.54, 1.807) is 24.3 Å². The number of aromatic nitrogens is 2. The standard InChI is InChI=1S/C32H43ClN6O3/c1-21(2)39(24-6-8-26(40)9-7-24)25-15-17-38(18-16-25)31-14-13-30(36-37-31)32(41)35-23-4-11-27(12-5-23)42-28-10-3-22(20-34)29(33)19-28/h3,10,13-14,19,21,23-27,40H,4-9,11-12,15-18H2,1-2H3,(H,35,41). The molecule has 42 heavy (non-hydrogen) atoms. The molecule has 2 heterocycles. The van der Waals surface area contributed by atoms with Crippen LogP contribution in [0.1, 0.15) is 94.1 Å². The van der Waals surface area contributed by atoms with E-state index in [4.69, 9.17) is 21.6 Å². The second kappa shape index (κ2) is 14.0. The smallest absolute Gasteiger partial charge is 0.272 e. The molecule has 10 heteroatoms. The Hall–Kier alpha value is -2.93. The predicted molar refractivity (Wildman–Crippen MR) is 163 cm³/mol. The van der Waals surface area contributed by atoms with Crippen LogP contribution in [-0.4, -0.2) is 75.6 Å². The van der Waals surface area contributed by atoms with Gasteiger partial charge in [0.15, 0.2) is 11.5 Å². The Kier molecular flexibility index (Phi) is 10.2. The Morgan fingerprint density at radius 3 is 2.31 bits per heavy atom. The van der Waals surface area contributed by atoms with E-state index in [0.29, 0.717) is 40.2 Å². The molecule has 0 unspecified atom stereocenters. The number of hydrogen-bond acceptors (Lipinski definition) is 8. The fraction of sp³-hybridized carbons (Fsp3) is 0.625. The van der Waals surface area contributed by atoms with Crippen molar-refractivity contribution in [2.45, 2.75) is 114 Å². The molecule has 226 valence electrons. The second-order valence-electron chi connectivity index (χ2n) is 12.3. The van der Waals surface area contributed by atoms with Gasteiger partial charge in [-0.1, -0.05) is 11.6 Å². The Morgan fingerprint density at radius 1 is 1.02 bits per heavy atom. The van der Waals surface area contributed by atoms with Crippen LogP contribution in [0.15, 0.2) is 30.3 Å². The van der Waals surface area contributed by atoms with Gasteiger partial charge in [0.05, 0.1) is 22.8 Å². The first-order valence-corrected chi connectivity index (χ1v) is 15.9. The molecular formula is C32H43ClN6O3. The summed E-state index contributed by atoms with van der Waals surface area (Å²) in [5.41, 5.74) is 0.770. The van der Waals surface area contributed by atoms with Gasteiger partial charge in [-0.05, 0) is 102 Å². The normalized spacial score (nSPS) is 25.3. The van der Waals surface area contributed by atoms with E-state index >= 15 is 0 Å². The zero-order valence-electron chi connectivity index (χ0n) is 24.7. The summed E-state index contributed by atoms with van der Waals surface area (Å²) in [6.07, 6.45) is 9.32. The topological polar surface area (TPSA) is 115 Å². The van der Waals surface area contributed by atoms with Crippen LogP contribution in [0.5, 0.6) is 5.75 Å². The third-order valence-electron chi connectivity index (χ3n) is 9.15. The van der Waals surface area contributed by atoms with Gasteiger partial charge in [-0.15, -0.1) is 10.2 Å². The SMILES string of the molecule is CC(C)N(C1CCC(O)CC1)C1CCN(c2ccc(C(=O)NC3CCC(Oc4ccc(C#N)c(Cl)c4)CC3)nn2)CC1. The van der Waals surface area contributed by atoms with Crippen molar-refractivity contribution in [3.63, 3.8) is 0 Å². The number of nitriles is 1. The zero-order valence-corrected chi connectivity index (χ0v) is 25.5. The minimum Gasteiger partial charge on any atom is -0.490 e. The number of carbonyl (C=O) groups excluding carboxylic acids is 1. The van der Waals surface area contributed by atoms with Crippen LogP contribution in [0.4, 0.5) is 5.82 Å². The first kappa shape index (κ1) is 30.5. The van der Waals surface area contributed by atoms with Gasteiger partial charge in [0.25, 0.3) is 5.91 Å². The first-order chi connectivity index (χ1) is 20.3. The van der Waals surface area contributed by atoms with Gasteiger partial charge in [-0.2, -0.15) is 5.26 Å². The van der Waals surface area contributed by atoms with Crippen LogP contribution >= 0.6 is 11.6 Å². The first-order valence-electron chi connectivity index (χ1n) is 15.5. The molecule has 1 aromatic heterocycles. The highest BCUT2D eigenvalue weighted by atomic mass is 35.5. The molecule has 0 spiro atoms. The molecule has 1 saturated heterocycles. The average Bonchev–Trinajstić information content (AvgIpc) is 3.00. The molecule has 2 aromatic rings. The van der Waals surface area contributed by atoms with E-state index in [1.165, 1.54) is 0 Å². The van der Waals surface area contributed by atoms with Crippen molar-refractivity contribution >= 4 is 23.3 Å². The van der Waals surface area contributed by atoms with Crippen LogP contribution in [0.3, 0.4) is 0 Å². The molecule has 9 nitrogen and oxygen atoms in total. The summed E-state index contributed by atoms with van der Waals surface area (Å²) in [5, 5.41) is 31.2. The van der Waals surface area contributed by atoms with E-state index in [0.717, 1.165) is 83.1 Å². The number of anilines is 1. The van der Waals surface area contributed by atoms with E-state index in [1.807, 2.05) is 6.07 Å². The third kappa shape index (κ3) is 7.52. The number of benzene rings is 1. The molecule has 0 bridgehead atoms. The number of ether oxygens (including phenoxy) is 1. The van der Waals surface area contributed by atoms with Crippen molar-refractivity contribution in [1.29, 1.82) is 5.26 Å². The number of aliphatic hydroxyl groups is 1. The number of halogens is 1. The lowest BCUT2D eigenvalue weighted by Crippen LogP contribution is -2.53. The quantitative estimate of drug-likeness (QED) is 0.434. The highest BCUT2D eigenvalue weighted by Crippen LogP contribution is 2.31. The molecule has 5 rings (SSSR count). The largest absolute Gasteiger partial charge is 0.490 e. The van der Waals surface area contributed by atoms with Crippen molar-refractivity contribution in [2.24, 2.45) is 0 Å². The van der Waals surface area contributed by atoms with Crippen LogP contribution in [0.2, 0.25) is 5.02 Å². The summed E-state index contributed by atoms with van der Waals surface area (Å²) < 4.78 is 6.06. The summed E-state index contributed by atoms with van der Waals surface area (Å²) in [6, 6.07) is 12.5. The summed E-state index contributed by atoms with van der Waals surface area (Å²) >= 11 is 6.13. The van der Waals surface area contributed by atoms with Crippen molar-refractivity contribution in [1.82, 2.24) is 20.4 Å².